The highest BCUT2D eigenvalue weighted by Gasteiger charge is 2.42. The zero-order valence-corrected chi connectivity index (χ0v) is 10.6. The Balaban J connectivity index is 2.72. The first-order valence-electron chi connectivity index (χ1n) is 5.55. The molecule has 0 bridgehead atoms. The van der Waals surface area contributed by atoms with Crippen molar-refractivity contribution in [3.63, 3.8) is 0 Å². The Bertz CT molecular complexity index is 657. The van der Waals surface area contributed by atoms with Crippen LogP contribution in [0.5, 0.6) is 0 Å². The van der Waals surface area contributed by atoms with Gasteiger partial charge < -0.3 is 5.11 Å². The van der Waals surface area contributed by atoms with Crippen LogP contribution in [0.4, 0.5) is 13.2 Å². The van der Waals surface area contributed by atoms with Crippen molar-refractivity contribution in [1.29, 1.82) is 0 Å². The van der Waals surface area contributed by atoms with Crippen LogP contribution in [0.15, 0.2) is 18.2 Å². The lowest BCUT2D eigenvalue weighted by Crippen LogP contribution is -2.17. The number of halogens is 3. The molecule has 20 heavy (non-hydrogen) atoms. The van der Waals surface area contributed by atoms with Gasteiger partial charge in [-0.05, 0) is 37.1 Å². The van der Waals surface area contributed by atoms with Crippen molar-refractivity contribution in [2.24, 2.45) is 0 Å². The maximum atomic E-state index is 13.0. The maximum Gasteiger partial charge on any atom is 0.436 e. The summed E-state index contributed by atoms with van der Waals surface area (Å²) in [5.74, 6) is -1.77. The van der Waals surface area contributed by atoms with Crippen LogP contribution in [-0.4, -0.2) is 26.1 Å². The molecule has 0 aliphatic carbocycles. The van der Waals surface area contributed by atoms with Gasteiger partial charge in [0, 0.05) is 0 Å². The van der Waals surface area contributed by atoms with Gasteiger partial charge in [0.2, 0.25) is 5.69 Å². The molecule has 0 spiro atoms. The van der Waals surface area contributed by atoms with E-state index in [1.807, 2.05) is 0 Å². The van der Waals surface area contributed by atoms with Crippen molar-refractivity contribution in [3.8, 4) is 5.69 Å². The topological polar surface area (TPSA) is 68.0 Å². The van der Waals surface area contributed by atoms with Crippen molar-refractivity contribution < 1.29 is 23.1 Å². The van der Waals surface area contributed by atoms with Gasteiger partial charge in [-0.1, -0.05) is 11.3 Å². The van der Waals surface area contributed by atoms with Crippen molar-refractivity contribution in [2.45, 2.75) is 20.0 Å². The van der Waals surface area contributed by atoms with E-state index in [1.54, 1.807) is 19.9 Å². The minimum absolute atomic E-state index is 0.120. The van der Waals surface area contributed by atoms with Gasteiger partial charge in [-0.2, -0.15) is 13.2 Å². The highest BCUT2D eigenvalue weighted by Crippen LogP contribution is 2.33. The molecule has 0 aliphatic rings. The summed E-state index contributed by atoms with van der Waals surface area (Å²) >= 11 is 0. The third-order valence-electron chi connectivity index (χ3n) is 2.59. The van der Waals surface area contributed by atoms with Crippen molar-refractivity contribution >= 4 is 5.97 Å². The predicted molar refractivity (Wildman–Crippen MR) is 62.8 cm³/mol. The van der Waals surface area contributed by atoms with E-state index in [1.165, 1.54) is 12.1 Å². The van der Waals surface area contributed by atoms with Gasteiger partial charge in [-0.3, -0.25) is 0 Å². The molecule has 0 saturated carbocycles. The Hall–Kier alpha value is -2.38. The molecular weight excluding hydrogens is 275 g/mol. The molecular formula is C12H10F3N3O2. The van der Waals surface area contributed by atoms with Crippen LogP contribution >= 0.6 is 0 Å². The normalized spacial score (nSPS) is 11.7. The number of rotatable bonds is 2. The average Bonchev–Trinajstić information content (AvgIpc) is 2.71. The van der Waals surface area contributed by atoms with E-state index in [-0.39, 0.29) is 5.69 Å². The minimum atomic E-state index is -4.87. The largest absolute Gasteiger partial charge is 0.476 e. The second kappa shape index (κ2) is 4.62. The van der Waals surface area contributed by atoms with Gasteiger partial charge in [0.25, 0.3) is 0 Å². The lowest BCUT2D eigenvalue weighted by molar-refractivity contribution is -0.143. The Morgan fingerprint density at radius 1 is 1.20 bits per heavy atom. The van der Waals surface area contributed by atoms with E-state index in [0.717, 1.165) is 11.1 Å². The number of carbonyl (C=O) groups is 1. The number of hydrogen-bond donors (Lipinski definition) is 1. The average molecular weight is 285 g/mol. The van der Waals surface area contributed by atoms with Gasteiger partial charge in [-0.25, -0.2) is 9.48 Å². The van der Waals surface area contributed by atoms with E-state index in [0.29, 0.717) is 4.68 Å². The van der Waals surface area contributed by atoms with E-state index in [2.05, 4.69) is 10.3 Å². The summed E-state index contributed by atoms with van der Waals surface area (Å²) in [6, 6.07) is 4.73. The first-order valence-corrected chi connectivity index (χ1v) is 5.55. The standard InChI is InChI=1S/C12H10F3N3O2/c1-6-3-7(2)5-8(4-6)18-10(12(13,14)15)9(11(19)20)16-17-18/h3-5H,1-2H3,(H,19,20). The monoisotopic (exact) mass is 285 g/mol. The number of hydrogen-bond acceptors (Lipinski definition) is 3. The molecule has 0 amide bonds. The van der Waals surface area contributed by atoms with Gasteiger partial charge in [0.15, 0.2) is 5.69 Å². The van der Waals surface area contributed by atoms with Gasteiger partial charge in [0.1, 0.15) is 0 Å². The first-order chi connectivity index (χ1) is 9.20. The van der Waals surface area contributed by atoms with Crippen molar-refractivity contribution in [3.05, 3.63) is 40.7 Å². The van der Waals surface area contributed by atoms with Gasteiger partial charge >= 0.3 is 12.1 Å². The van der Waals surface area contributed by atoms with Crippen LogP contribution in [0.2, 0.25) is 0 Å². The lowest BCUT2D eigenvalue weighted by atomic mass is 10.1. The molecule has 106 valence electrons. The summed E-state index contributed by atoms with van der Waals surface area (Å²) in [6.45, 7) is 3.44. The molecule has 0 aliphatic heterocycles. The minimum Gasteiger partial charge on any atom is -0.476 e. The SMILES string of the molecule is Cc1cc(C)cc(-n2nnc(C(=O)O)c2C(F)(F)F)c1. The number of aryl methyl sites for hydroxylation is 2. The molecule has 1 heterocycles. The highest BCUT2D eigenvalue weighted by molar-refractivity contribution is 5.86. The quantitative estimate of drug-likeness (QED) is 0.921. The summed E-state index contributed by atoms with van der Waals surface area (Å²) < 4.78 is 39.6. The van der Waals surface area contributed by atoms with E-state index in [4.69, 9.17) is 5.11 Å². The van der Waals surface area contributed by atoms with E-state index in [9.17, 15) is 18.0 Å². The van der Waals surface area contributed by atoms with Crippen LogP contribution in [0.3, 0.4) is 0 Å². The molecule has 1 aromatic carbocycles. The van der Waals surface area contributed by atoms with E-state index < -0.39 is 23.5 Å². The molecule has 2 aromatic rings. The van der Waals surface area contributed by atoms with Crippen molar-refractivity contribution in [2.75, 3.05) is 0 Å². The third-order valence-corrected chi connectivity index (χ3v) is 2.59. The molecule has 0 unspecified atom stereocenters. The number of carboxylic acid groups (broad SMARTS) is 1. The van der Waals surface area contributed by atoms with Gasteiger partial charge in [-0.15, -0.1) is 5.10 Å². The zero-order chi connectivity index (χ0) is 15.1. The summed E-state index contributed by atoms with van der Waals surface area (Å²) in [4.78, 5) is 10.8. The van der Waals surface area contributed by atoms with Crippen LogP contribution in [0.25, 0.3) is 5.69 Å². The lowest BCUT2D eigenvalue weighted by Gasteiger charge is -2.11. The highest BCUT2D eigenvalue weighted by atomic mass is 19.4. The molecule has 8 heteroatoms. The number of aromatic nitrogens is 3. The van der Waals surface area contributed by atoms with Crippen LogP contribution in [0.1, 0.15) is 27.3 Å². The molecule has 2 rings (SSSR count). The molecule has 0 saturated heterocycles. The second-order valence-electron chi connectivity index (χ2n) is 4.35. The number of aromatic carboxylic acids is 1. The molecule has 0 atom stereocenters. The summed E-state index contributed by atoms with van der Waals surface area (Å²) in [7, 11) is 0. The Morgan fingerprint density at radius 2 is 1.75 bits per heavy atom. The molecule has 1 aromatic heterocycles. The second-order valence-corrected chi connectivity index (χ2v) is 4.35. The zero-order valence-electron chi connectivity index (χ0n) is 10.6. The number of nitrogens with zero attached hydrogens (tertiary/aromatic N) is 3. The fourth-order valence-corrected chi connectivity index (χ4v) is 1.93. The summed E-state index contributed by atoms with van der Waals surface area (Å²) in [5, 5.41) is 15.2. The first kappa shape index (κ1) is 14.0. The van der Waals surface area contributed by atoms with E-state index >= 15 is 0 Å². The fraction of sp³-hybridized carbons (Fsp3) is 0.250. The Labute approximate surface area is 111 Å². The number of alkyl halides is 3. The summed E-state index contributed by atoms with van der Waals surface area (Å²) in [6.07, 6.45) is -4.87. The maximum absolute atomic E-state index is 13.0. The van der Waals surface area contributed by atoms with Crippen LogP contribution < -0.4 is 0 Å². The fourth-order valence-electron chi connectivity index (χ4n) is 1.93. The number of carboxylic acids is 1. The molecule has 5 nitrogen and oxygen atoms in total. The predicted octanol–water partition coefficient (Wildman–Crippen LogP) is 2.60. The van der Waals surface area contributed by atoms with Gasteiger partial charge in [0.05, 0.1) is 5.69 Å². The Morgan fingerprint density at radius 3 is 2.20 bits per heavy atom. The van der Waals surface area contributed by atoms with Crippen molar-refractivity contribution in [1.82, 2.24) is 15.0 Å². The van der Waals surface area contributed by atoms with Crippen LogP contribution in [0, 0.1) is 13.8 Å². The van der Waals surface area contributed by atoms with Crippen LogP contribution in [-0.2, 0) is 6.18 Å². The Kier molecular flexibility index (Phi) is 3.24. The number of benzene rings is 1. The third kappa shape index (κ3) is 2.49. The molecule has 0 radical (unpaired) electrons. The smallest absolute Gasteiger partial charge is 0.436 e. The molecule has 1 N–H and O–H groups in total. The molecule has 0 fully saturated rings. The summed E-state index contributed by atoms with van der Waals surface area (Å²) in [5.41, 5.74) is -0.914.